The van der Waals surface area contributed by atoms with E-state index in [1.165, 1.54) is 117 Å². The molecule has 0 aliphatic heterocycles. The zero-order valence-corrected chi connectivity index (χ0v) is 44.8. The molecule has 0 aliphatic rings. The molecular weight excluding hydrogens is 1140 g/mol. The van der Waals surface area contributed by atoms with E-state index in [-0.39, 0.29) is 20.1 Å². The maximum absolute atomic E-state index is 4.53. The van der Waals surface area contributed by atoms with Crippen LogP contribution in [0.3, 0.4) is 0 Å². The number of nitrogens with zero attached hydrogens (tertiary/aromatic N) is 5. The number of benzene rings is 9. The summed E-state index contributed by atoms with van der Waals surface area (Å²) in [4.78, 5) is 13.1. The Morgan fingerprint density at radius 3 is 1.53 bits per heavy atom. The quantitative estimate of drug-likeness (QED) is 0.130. The van der Waals surface area contributed by atoms with Crippen LogP contribution in [0.25, 0.3) is 139 Å². The summed E-state index contributed by atoms with van der Waals surface area (Å²) < 4.78 is 10.3. The Balaban J connectivity index is 0.000000113. The van der Waals surface area contributed by atoms with Crippen molar-refractivity contribution < 1.29 is 20.1 Å². The molecular formula is C68H40IrN5S2. The molecule has 5 nitrogen and oxygen atoms in total. The summed E-state index contributed by atoms with van der Waals surface area (Å²) in [6.45, 7) is 3.90. The minimum Gasteiger partial charge on any atom is -0.350 e. The second-order valence-electron chi connectivity index (χ2n) is 18.8. The first-order valence-corrected chi connectivity index (χ1v) is 26.6. The number of pyridine rings is 2. The number of hydrogen-bond acceptors (Lipinski definition) is 5. The molecule has 0 bridgehead atoms. The van der Waals surface area contributed by atoms with Crippen LogP contribution in [0.2, 0.25) is 0 Å². The van der Waals surface area contributed by atoms with Gasteiger partial charge in [0.2, 0.25) is 0 Å². The van der Waals surface area contributed by atoms with E-state index in [1.54, 1.807) is 19.3 Å². The molecule has 76 heavy (non-hydrogen) atoms. The Hall–Kier alpha value is -8.62. The van der Waals surface area contributed by atoms with Gasteiger partial charge in [-0.2, -0.15) is 0 Å². The van der Waals surface area contributed by atoms with E-state index in [9.17, 15) is 0 Å². The predicted octanol–water partition coefficient (Wildman–Crippen LogP) is 18.2. The first kappa shape index (κ1) is 46.0. The number of fused-ring (bicyclic) bond motifs is 20. The van der Waals surface area contributed by atoms with Crippen molar-refractivity contribution in [2.75, 3.05) is 7.05 Å². The van der Waals surface area contributed by atoms with Crippen molar-refractivity contribution in [1.82, 2.24) is 18.8 Å². The van der Waals surface area contributed by atoms with Crippen molar-refractivity contribution in [3.05, 3.63) is 243 Å². The second-order valence-corrected chi connectivity index (χ2v) is 20.9. The third kappa shape index (κ3) is 6.96. The largest absolute Gasteiger partial charge is 3.00 e. The van der Waals surface area contributed by atoms with Gasteiger partial charge in [0.05, 0.1) is 11.0 Å². The number of para-hydroxylation sites is 2. The fourth-order valence-corrected chi connectivity index (χ4v) is 14.1. The van der Waals surface area contributed by atoms with Gasteiger partial charge in [-0.15, -0.1) is 113 Å². The summed E-state index contributed by atoms with van der Waals surface area (Å²) in [5.74, 6) is 0. The average molecular weight is 1180 g/mol. The molecule has 8 aromatic heterocycles. The Morgan fingerprint density at radius 1 is 0.474 bits per heavy atom. The van der Waals surface area contributed by atoms with Crippen molar-refractivity contribution in [1.29, 1.82) is 0 Å². The zero-order valence-electron chi connectivity index (χ0n) is 40.8. The molecule has 17 rings (SSSR count). The fourth-order valence-electron chi connectivity index (χ4n) is 11.6. The van der Waals surface area contributed by atoms with Gasteiger partial charge in [0.15, 0.2) is 0 Å². The van der Waals surface area contributed by atoms with Gasteiger partial charge in [0.25, 0.3) is 0 Å². The smallest absolute Gasteiger partial charge is 0.350 e. The van der Waals surface area contributed by atoms with Gasteiger partial charge in [-0.05, 0) is 75.3 Å². The maximum Gasteiger partial charge on any atom is 3.00 e. The topological polar surface area (TPSA) is 47.0 Å². The van der Waals surface area contributed by atoms with Gasteiger partial charge in [0.1, 0.15) is 0 Å². The Bertz CT molecular complexity index is 5050. The summed E-state index contributed by atoms with van der Waals surface area (Å²) in [5.41, 5.74) is 13.3. The van der Waals surface area contributed by atoms with Crippen LogP contribution in [0.1, 0.15) is 5.56 Å². The molecule has 0 saturated heterocycles. The van der Waals surface area contributed by atoms with E-state index in [4.69, 9.17) is 0 Å². The molecule has 0 fully saturated rings. The molecule has 358 valence electrons. The summed E-state index contributed by atoms with van der Waals surface area (Å²) in [5, 5.41) is 15.8. The van der Waals surface area contributed by atoms with Crippen molar-refractivity contribution >= 4 is 145 Å². The SMILES string of the molecule is C=CC(=NC)c1[c-]cc2c(c1)c1cccc3c4c5sc6ccccc6c5ccc4n2c13.[Ir+3].[c-]1cc2c(cc1-c1ccccn1)c1cccc3c4c5sc6ccccc6c5ccc4n2c13.[c-]1ccccc1-c1ccccn1. The Labute approximate surface area is 458 Å². The number of rotatable bonds is 4. The Morgan fingerprint density at radius 2 is 0.987 bits per heavy atom. The Kier molecular flexibility index (Phi) is 11.1. The van der Waals surface area contributed by atoms with Gasteiger partial charge in [-0.1, -0.05) is 126 Å². The molecule has 8 heteroatoms. The van der Waals surface area contributed by atoms with Crippen LogP contribution in [0.5, 0.6) is 0 Å². The molecule has 8 heterocycles. The summed E-state index contributed by atoms with van der Waals surface area (Å²) in [6, 6.07) is 78.4. The second kappa shape index (κ2) is 18.3. The molecule has 0 atom stereocenters. The van der Waals surface area contributed by atoms with Gasteiger partial charge >= 0.3 is 20.1 Å². The predicted molar refractivity (Wildman–Crippen MR) is 320 cm³/mol. The summed E-state index contributed by atoms with van der Waals surface area (Å²) in [7, 11) is 1.80. The van der Waals surface area contributed by atoms with Crippen LogP contribution >= 0.6 is 22.7 Å². The van der Waals surface area contributed by atoms with Crippen molar-refractivity contribution in [2.45, 2.75) is 0 Å². The standard InChI is InChI=1S/C29H15N2S.C28H17N2S.C11H8N.Ir/c1-2-10-26-18(6-1)20-12-14-25-27(29(20)32-26)21-8-5-7-19-22-16-17(23-9-3-4-15-30-23)11-13-24(22)31(25)28(19)21;1-3-22(29-2)16-11-13-23-21(15-16)18-8-6-9-20-26-24(30(23)27(18)20)14-12-19-17-7-4-5-10-25(17)31-28(19)26;1-2-6-10(7-3-1)11-8-4-5-9-12-11;/h1-10,12-16H;3-10,12-15H,1H2,2H3;1-6,8-9H;/q3*-1;+3. The van der Waals surface area contributed by atoms with Crippen LogP contribution in [0.4, 0.5) is 0 Å². The van der Waals surface area contributed by atoms with Gasteiger partial charge in [-0.25, -0.2) is 0 Å². The van der Waals surface area contributed by atoms with E-state index in [2.05, 4.69) is 182 Å². The third-order valence-electron chi connectivity index (χ3n) is 14.8. The number of aromatic nitrogens is 4. The summed E-state index contributed by atoms with van der Waals surface area (Å²) in [6.07, 6.45) is 5.42. The van der Waals surface area contributed by atoms with Crippen molar-refractivity contribution in [3.63, 3.8) is 0 Å². The van der Waals surface area contributed by atoms with Gasteiger partial charge in [0, 0.05) is 92.4 Å². The van der Waals surface area contributed by atoms with Crippen LogP contribution in [-0.2, 0) is 20.1 Å². The van der Waals surface area contributed by atoms with E-state index < -0.39 is 0 Å². The average Bonchev–Trinajstić information content (AvgIpc) is 4.38. The monoisotopic (exact) mass is 1180 g/mol. The first-order valence-electron chi connectivity index (χ1n) is 24.9. The van der Waals surface area contributed by atoms with E-state index in [0.29, 0.717) is 0 Å². The molecule has 0 saturated carbocycles. The molecule has 17 aromatic rings. The van der Waals surface area contributed by atoms with Crippen molar-refractivity contribution in [3.8, 4) is 22.5 Å². The number of thiophene rings is 2. The minimum atomic E-state index is 0. The molecule has 0 aliphatic carbocycles. The third-order valence-corrected chi connectivity index (χ3v) is 17.2. The normalized spacial score (nSPS) is 12.0. The van der Waals surface area contributed by atoms with Crippen LogP contribution in [0, 0.1) is 18.2 Å². The van der Waals surface area contributed by atoms with E-state index >= 15 is 0 Å². The molecule has 0 unspecified atom stereocenters. The summed E-state index contributed by atoms with van der Waals surface area (Å²) >= 11 is 3.80. The first-order chi connectivity index (χ1) is 37.1. The van der Waals surface area contributed by atoms with Gasteiger partial charge < -0.3 is 23.8 Å². The molecule has 0 spiro atoms. The number of hydrogen-bond donors (Lipinski definition) is 0. The van der Waals surface area contributed by atoms with Crippen LogP contribution < -0.4 is 0 Å². The minimum absolute atomic E-state index is 0. The van der Waals surface area contributed by atoms with E-state index in [0.717, 1.165) is 33.8 Å². The van der Waals surface area contributed by atoms with Crippen molar-refractivity contribution in [2.24, 2.45) is 4.99 Å². The number of aliphatic imine (C=N–C) groups is 1. The van der Waals surface area contributed by atoms with E-state index in [1.807, 2.05) is 89.5 Å². The van der Waals surface area contributed by atoms with Crippen LogP contribution in [0.15, 0.2) is 224 Å². The van der Waals surface area contributed by atoms with Crippen LogP contribution in [-0.4, -0.2) is 31.5 Å². The fraction of sp³-hybridized carbons (Fsp3) is 0.0147. The molecule has 9 aromatic carbocycles. The molecule has 0 amide bonds. The van der Waals surface area contributed by atoms with Gasteiger partial charge in [-0.3, -0.25) is 0 Å². The number of allylic oxidation sites excluding steroid dienone is 1. The maximum atomic E-state index is 4.53. The zero-order chi connectivity index (χ0) is 49.7. The molecule has 0 radical (unpaired) electrons. The molecule has 0 N–H and O–H groups in total.